The fraction of sp³-hybridized carbons (Fsp3) is 0.200. The monoisotopic (exact) mass is 219 g/mol. The van der Waals surface area contributed by atoms with Crippen molar-refractivity contribution in [1.82, 2.24) is 15.2 Å². The van der Waals surface area contributed by atoms with Crippen molar-refractivity contribution >= 4 is 5.95 Å². The van der Waals surface area contributed by atoms with Crippen LogP contribution in [0, 0.1) is 0 Å². The number of H-pyrrole nitrogens is 1. The van der Waals surface area contributed by atoms with E-state index in [4.69, 9.17) is 16.6 Å². The van der Waals surface area contributed by atoms with Crippen molar-refractivity contribution in [3.63, 3.8) is 0 Å². The molecule has 6 N–H and O–H groups in total. The van der Waals surface area contributed by atoms with Crippen molar-refractivity contribution < 1.29 is 5.11 Å². The van der Waals surface area contributed by atoms with E-state index in [1.165, 1.54) is 0 Å². The lowest BCUT2D eigenvalue weighted by molar-refractivity contribution is 0.475. The van der Waals surface area contributed by atoms with Crippen LogP contribution in [0.15, 0.2) is 24.3 Å². The van der Waals surface area contributed by atoms with Crippen LogP contribution in [-0.4, -0.2) is 20.3 Å². The summed E-state index contributed by atoms with van der Waals surface area (Å²) >= 11 is 0. The Balaban J connectivity index is 2.07. The van der Waals surface area contributed by atoms with Gasteiger partial charge in [0.25, 0.3) is 0 Å². The van der Waals surface area contributed by atoms with E-state index in [1.807, 2.05) is 12.1 Å². The number of nitrogens with zero attached hydrogens (tertiary/aromatic N) is 2. The molecule has 0 unspecified atom stereocenters. The Morgan fingerprint density at radius 1 is 1.31 bits per heavy atom. The summed E-state index contributed by atoms with van der Waals surface area (Å²) < 4.78 is 0. The Labute approximate surface area is 92.3 Å². The molecule has 1 aromatic heterocycles. The predicted octanol–water partition coefficient (Wildman–Crippen LogP) is 0.335. The van der Waals surface area contributed by atoms with Crippen molar-refractivity contribution in [3.05, 3.63) is 35.7 Å². The quantitative estimate of drug-likeness (QED) is 0.594. The fourth-order valence-electron chi connectivity index (χ4n) is 1.44. The molecule has 0 spiro atoms. The van der Waals surface area contributed by atoms with Crippen LogP contribution in [0.4, 0.5) is 5.95 Å². The van der Waals surface area contributed by atoms with Crippen LogP contribution in [0.2, 0.25) is 0 Å². The summed E-state index contributed by atoms with van der Waals surface area (Å²) in [6.07, 6.45) is 0.606. The normalized spacial score (nSPS) is 12.6. The Morgan fingerprint density at radius 3 is 2.56 bits per heavy atom. The molecule has 0 amide bonds. The number of aromatic hydroxyl groups is 1. The molecular weight excluding hydrogens is 206 g/mol. The van der Waals surface area contributed by atoms with Crippen molar-refractivity contribution in [2.45, 2.75) is 12.5 Å². The van der Waals surface area contributed by atoms with Gasteiger partial charge in [-0.25, -0.2) is 0 Å². The van der Waals surface area contributed by atoms with Crippen LogP contribution in [0.3, 0.4) is 0 Å². The van der Waals surface area contributed by atoms with Gasteiger partial charge < -0.3 is 16.6 Å². The second kappa shape index (κ2) is 4.19. The molecular formula is C10H13N5O. The average Bonchev–Trinajstić information content (AvgIpc) is 2.68. The van der Waals surface area contributed by atoms with Gasteiger partial charge in [0.2, 0.25) is 5.95 Å². The van der Waals surface area contributed by atoms with E-state index >= 15 is 0 Å². The first kappa shape index (κ1) is 10.4. The van der Waals surface area contributed by atoms with Crippen LogP contribution in [-0.2, 0) is 6.42 Å². The van der Waals surface area contributed by atoms with Crippen molar-refractivity contribution in [3.8, 4) is 5.75 Å². The number of nitrogen functional groups attached to an aromatic ring is 1. The average molecular weight is 219 g/mol. The SMILES string of the molecule is Nc1n[nH]c([C@@H](N)Cc2ccc(O)cc2)n1. The van der Waals surface area contributed by atoms with E-state index in [9.17, 15) is 0 Å². The number of rotatable bonds is 3. The van der Waals surface area contributed by atoms with Crippen LogP contribution in [0.5, 0.6) is 5.75 Å². The topological polar surface area (TPSA) is 114 Å². The smallest absolute Gasteiger partial charge is 0.239 e. The third kappa shape index (κ3) is 2.29. The minimum absolute atomic E-state index is 0.191. The highest BCUT2D eigenvalue weighted by Gasteiger charge is 2.11. The van der Waals surface area contributed by atoms with Gasteiger partial charge in [0, 0.05) is 0 Å². The van der Waals surface area contributed by atoms with E-state index in [-0.39, 0.29) is 17.7 Å². The van der Waals surface area contributed by atoms with E-state index in [0.29, 0.717) is 12.2 Å². The maximum Gasteiger partial charge on any atom is 0.239 e. The number of hydrogen-bond donors (Lipinski definition) is 4. The molecule has 0 fully saturated rings. The van der Waals surface area contributed by atoms with E-state index in [1.54, 1.807) is 12.1 Å². The van der Waals surface area contributed by atoms with Crippen LogP contribution < -0.4 is 11.5 Å². The number of phenolic OH excluding ortho intramolecular Hbond substituents is 1. The van der Waals surface area contributed by atoms with E-state index < -0.39 is 0 Å². The van der Waals surface area contributed by atoms with Crippen LogP contribution >= 0.6 is 0 Å². The fourth-order valence-corrected chi connectivity index (χ4v) is 1.44. The van der Waals surface area contributed by atoms with Gasteiger partial charge in [-0.1, -0.05) is 12.1 Å². The van der Waals surface area contributed by atoms with Crippen LogP contribution in [0.1, 0.15) is 17.4 Å². The molecule has 0 aliphatic heterocycles. The van der Waals surface area contributed by atoms with Crippen molar-refractivity contribution in [1.29, 1.82) is 0 Å². The highest BCUT2D eigenvalue weighted by Crippen LogP contribution is 2.15. The molecule has 6 nitrogen and oxygen atoms in total. The number of benzene rings is 1. The molecule has 0 bridgehead atoms. The molecule has 1 atom stereocenters. The summed E-state index contributed by atoms with van der Waals surface area (Å²) in [5.74, 6) is 0.989. The van der Waals surface area contributed by atoms with Crippen molar-refractivity contribution in [2.75, 3.05) is 5.73 Å². The summed E-state index contributed by atoms with van der Waals surface area (Å²) in [4.78, 5) is 3.96. The highest BCUT2D eigenvalue weighted by atomic mass is 16.3. The van der Waals surface area contributed by atoms with E-state index in [2.05, 4.69) is 15.2 Å². The van der Waals surface area contributed by atoms with Crippen molar-refractivity contribution in [2.24, 2.45) is 5.73 Å². The Bertz CT molecular complexity index is 464. The van der Waals surface area contributed by atoms with Gasteiger partial charge in [0.05, 0.1) is 6.04 Å². The zero-order valence-electron chi connectivity index (χ0n) is 8.59. The molecule has 0 radical (unpaired) electrons. The van der Waals surface area contributed by atoms with Gasteiger partial charge in [-0.05, 0) is 24.1 Å². The molecule has 0 saturated carbocycles. The summed E-state index contributed by atoms with van der Waals surface area (Å²) in [5.41, 5.74) is 12.3. The zero-order valence-corrected chi connectivity index (χ0v) is 8.59. The standard InChI is InChI=1S/C10H13N5O/c11-8(9-13-10(12)15-14-9)5-6-1-3-7(16)4-2-6/h1-4,8,16H,5,11H2,(H3,12,13,14,15)/t8-/m0/s1. The summed E-state index contributed by atoms with van der Waals surface area (Å²) in [6.45, 7) is 0. The first-order valence-electron chi connectivity index (χ1n) is 4.86. The number of nitrogens with one attached hydrogen (secondary N) is 1. The number of hydrogen-bond acceptors (Lipinski definition) is 5. The lowest BCUT2D eigenvalue weighted by Crippen LogP contribution is -2.15. The maximum absolute atomic E-state index is 9.13. The second-order valence-corrected chi connectivity index (χ2v) is 3.56. The predicted molar refractivity (Wildman–Crippen MR) is 59.5 cm³/mol. The van der Waals surface area contributed by atoms with Gasteiger partial charge in [-0.2, -0.15) is 4.98 Å². The molecule has 1 heterocycles. The lowest BCUT2D eigenvalue weighted by atomic mass is 10.1. The molecule has 1 aromatic carbocycles. The number of nitrogens with two attached hydrogens (primary N) is 2. The van der Waals surface area contributed by atoms with E-state index in [0.717, 1.165) is 5.56 Å². The molecule has 2 rings (SSSR count). The first-order chi connectivity index (χ1) is 7.65. The molecule has 0 aliphatic rings. The minimum Gasteiger partial charge on any atom is -0.508 e. The third-order valence-corrected chi connectivity index (χ3v) is 2.26. The van der Waals surface area contributed by atoms with Crippen LogP contribution in [0.25, 0.3) is 0 Å². The van der Waals surface area contributed by atoms with Gasteiger partial charge in [-0.3, -0.25) is 5.10 Å². The number of aromatic amines is 1. The lowest BCUT2D eigenvalue weighted by Gasteiger charge is -2.07. The Hall–Kier alpha value is -2.08. The highest BCUT2D eigenvalue weighted by molar-refractivity contribution is 5.27. The maximum atomic E-state index is 9.13. The summed E-state index contributed by atoms with van der Waals surface area (Å²) in [5, 5.41) is 15.5. The van der Waals surface area contributed by atoms with Gasteiger partial charge in [0.15, 0.2) is 0 Å². The van der Waals surface area contributed by atoms with Gasteiger partial charge in [-0.15, -0.1) is 5.10 Å². The molecule has 16 heavy (non-hydrogen) atoms. The molecule has 2 aromatic rings. The number of phenols is 1. The number of anilines is 1. The Morgan fingerprint density at radius 2 is 2.00 bits per heavy atom. The molecule has 6 heteroatoms. The number of aromatic nitrogens is 3. The van der Waals surface area contributed by atoms with Gasteiger partial charge in [0.1, 0.15) is 11.6 Å². The largest absolute Gasteiger partial charge is 0.508 e. The molecule has 0 saturated heterocycles. The Kier molecular flexibility index (Phi) is 2.74. The molecule has 84 valence electrons. The summed E-state index contributed by atoms with van der Waals surface area (Å²) in [6, 6.07) is 6.59. The second-order valence-electron chi connectivity index (χ2n) is 3.56. The zero-order chi connectivity index (χ0) is 11.5. The minimum atomic E-state index is -0.283. The first-order valence-corrected chi connectivity index (χ1v) is 4.86. The summed E-state index contributed by atoms with van der Waals surface area (Å²) in [7, 11) is 0. The van der Waals surface area contributed by atoms with Gasteiger partial charge >= 0.3 is 0 Å². The third-order valence-electron chi connectivity index (χ3n) is 2.26. The molecule has 0 aliphatic carbocycles.